The first kappa shape index (κ1) is 11.4. The van der Waals surface area contributed by atoms with Gasteiger partial charge in [-0.05, 0) is 23.8 Å². The monoisotopic (exact) mass is 298 g/mol. The molecule has 88 valence electrons. The van der Waals surface area contributed by atoms with E-state index in [1.807, 2.05) is 55.5 Å². The molecule has 0 saturated carbocycles. The molecule has 0 atom stereocenters. The summed E-state index contributed by atoms with van der Waals surface area (Å²) in [5, 5.41) is 3.47. The van der Waals surface area contributed by atoms with Crippen molar-refractivity contribution < 1.29 is 0 Å². The van der Waals surface area contributed by atoms with Crippen molar-refractivity contribution >= 4 is 37.5 Å². The number of rotatable bonds is 0. The number of hydrogen-bond acceptors (Lipinski definition) is 1. The molecule has 0 radical (unpaired) electrons. The van der Waals surface area contributed by atoms with Crippen LogP contribution >= 0.6 is 15.9 Å². The lowest BCUT2D eigenvalue weighted by Gasteiger charge is -1.95. The first-order chi connectivity index (χ1) is 8.66. The molecular weight excluding hydrogens is 288 g/mol. The fourth-order valence-corrected chi connectivity index (χ4v) is 2.75. The molecule has 3 aromatic rings. The molecule has 0 fully saturated rings. The first-order valence-corrected chi connectivity index (χ1v) is 6.58. The molecule has 0 aromatic heterocycles. The van der Waals surface area contributed by atoms with E-state index >= 15 is 0 Å². The number of hydrogen-bond donors (Lipinski definition) is 0. The van der Waals surface area contributed by atoms with Gasteiger partial charge in [0.25, 0.3) is 0 Å². The molecule has 0 amide bonds. The van der Waals surface area contributed by atoms with Gasteiger partial charge in [0.15, 0.2) is 5.43 Å². The van der Waals surface area contributed by atoms with Crippen molar-refractivity contribution in [2.75, 3.05) is 0 Å². The minimum absolute atomic E-state index is 0.0892. The van der Waals surface area contributed by atoms with Crippen molar-refractivity contribution in [2.45, 2.75) is 6.92 Å². The third-order valence-electron chi connectivity index (χ3n) is 3.18. The largest absolute Gasteiger partial charge is 0.289 e. The van der Waals surface area contributed by atoms with Crippen LogP contribution in [0.15, 0.2) is 57.8 Å². The Hall–Kier alpha value is -1.67. The van der Waals surface area contributed by atoms with Gasteiger partial charge in [0, 0.05) is 15.2 Å². The molecule has 0 spiro atoms. The molecule has 0 aliphatic rings. The molecule has 0 saturated heterocycles. The van der Waals surface area contributed by atoms with E-state index in [2.05, 4.69) is 15.9 Å². The first-order valence-electron chi connectivity index (χ1n) is 5.79. The third-order valence-corrected chi connectivity index (χ3v) is 3.87. The number of fused-ring (bicyclic) bond motifs is 2. The lowest BCUT2D eigenvalue weighted by Crippen LogP contribution is -1.98. The van der Waals surface area contributed by atoms with Crippen LogP contribution in [0.3, 0.4) is 0 Å². The Kier molecular flexibility index (Phi) is 2.67. The summed E-state index contributed by atoms with van der Waals surface area (Å²) in [7, 11) is 0. The van der Waals surface area contributed by atoms with Crippen molar-refractivity contribution in [2.24, 2.45) is 0 Å². The summed E-state index contributed by atoms with van der Waals surface area (Å²) in [5.41, 5.74) is 1.25. The normalized spacial score (nSPS) is 11.0. The Morgan fingerprint density at radius 2 is 1.67 bits per heavy atom. The fourth-order valence-electron chi connectivity index (χ4n) is 2.25. The maximum Gasteiger partial charge on any atom is 0.194 e. The average molecular weight is 299 g/mol. The van der Waals surface area contributed by atoms with Gasteiger partial charge in [-0.1, -0.05) is 64.0 Å². The molecular formula is C16H11BrO. The van der Waals surface area contributed by atoms with Crippen LogP contribution in [0, 0.1) is 6.92 Å². The Morgan fingerprint density at radius 1 is 0.889 bits per heavy atom. The SMILES string of the molecule is Cc1ccc2c(=O)c3cccc(Br)c3ccc2c1. The summed E-state index contributed by atoms with van der Waals surface area (Å²) in [5.74, 6) is 0. The molecule has 18 heavy (non-hydrogen) atoms. The van der Waals surface area contributed by atoms with Gasteiger partial charge >= 0.3 is 0 Å². The highest BCUT2D eigenvalue weighted by atomic mass is 79.9. The van der Waals surface area contributed by atoms with Crippen molar-refractivity contribution in [3.8, 4) is 0 Å². The van der Waals surface area contributed by atoms with Crippen LogP contribution in [0.5, 0.6) is 0 Å². The van der Waals surface area contributed by atoms with Gasteiger partial charge in [0.1, 0.15) is 0 Å². The van der Waals surface area contributed by atoms with E-state index in [0.29, 0.717) is 0 Å². The van der Waals surface area contributed by atoms with Crippen LogP contribution in [0.25, 0.3) is 21.5 Å². The van der Waals surface area contributed by atoms with E-state index in [9.17, 15) is 4.79 Å². The third kappa shape index (κ3) is 1.73. The molecule has 1 nitrogen and oxygen atoms in total. The maximum atomic E-state index is 12.5. The van der Waals surface area contributed by atoms with Gasteiger partial charge in [0.2, 0.25) is 0 Å². The van der Waals surface area contributed by atoms with Crippen LogP contribution in [0.4, 0.5) is 0 Å². The highest BCUT2D eigenvalue weighted by molar-refractivity contribution is 9.10. The van der Waals surface area contributed by atoms with E-state index in [1.54, 1.807) is 0 Å². The Balaban J connectivity index is 2.64. The van der Waals surface area contributed by atoms with Gasteiger partial charge in [-0.2, -0.15) is 0 Å². The minimum Gasteiger partial charge on any atom is -0.289 e. The smallest absolute Gasteiger partial charge is 0.194 e. The highest BCUT2D eigenvalue weighted by Gasteiger charge is 2.04. The van der Waals surface area contributed by atoms with E-state index in [-0.39, 0.29) is 5.43 Å². The van der Waals surface area contributed by atoms with E-state index in [1.165, 1.54) is 0 Å². The number of aryl methyl sites for hydroxylation is 1. The molecule has 3 aromatic carbocycles. The Bertz CT molecular complexity index is 822. The zero-order valence-electron chi connectivity index (χ0n) is 9.91. The van der Waals surface area contributed by atoms with Gasteiger partial charge in [0.05, 0.1) is 0 Å². The predicted molar refractivity (Wildman–Crippen MR) is 80.2 cm³/mol. The van der Waals surface area contributed by atoms with Gasteiger partial charge in [-0.25, -0.2) is 0 Å². The van der Waals surface area contributed by atoms with Crippen molar-refractivity contribution in [3.63, 3.8) is 0 Å². The van der Waals surface area contributed by atoms with E-state index in [0.717, 1.165) is 31.6 Å². The number of halogens is 1. The second kappa shape index (κ2) is 4.21. The predicted octanol–water partition coefficient (Wildman–Crippen LogP) is 4.42. The van der Waals surface area contributed by atoms with Crippen molar-refractivity contribution in [1.82, 2.24) is 0 Å². The summed E-state index contributed by atoms with van der Waals surface area (Å²) in [6.45, 7) is 2.03. The quantitative estimate of drug-likeness (QED) is 0.600. The highest BCUT2D eigenvalue weighted by Crippen LogP contribution is 2.23. The second-order valence-electron chi connectivity index (χ2n) is 4.45. The molecule has 0 heterocycles. The molecule has 0 aliphatic heterocycles. The maximum absolute atomic E-state index is 12.5. The minimum atomic E-state index is 0.0892. The lowest BCUT2D eigenvalue weighted by atomic mass is 10.1. The molecule has 2 heteroatoms. The van der Waals surface area contributed by atoms with Crippen LogP contribution in [0.1, 0.15) is 5.56 Å². The lowest BCUT2D eigenvalue weighted by molar-refractivity contribution is 1.51. The number of benzene rings is 2. The zero-order valence-corrected chi connectivity index (χ0v) is 11.5. The molecule has 0 aliphatic carbocycles. The van der Waals surface area contributed by atoms with Crippen molar-refractivity contribution in [3.05, 3.63) is 68.8 Å². The topological polar surface area (TPSA) is 17.1 Å². The van der Waals surface area contributed by atoms with Gasteiger partial charge in [-0.3, -0.25) is 4.79 Å². The molecule has 0 bridgehead atoms. The van der Waals surface area contributed by atoms with E-state index < -0.39 is 0 Å². The second-order valence-corrected chi connectivity index (χ2v) is 5.31. The standard InChI is InChI=1S/C16H11BrO/c1-10-5-7-12-11(9-10)6-8-13-14(16(12)18)3-2-4-15(13)17/h2-9H,1H3. The Morgan fingerprint density at radius 3 is 2.50 bits per heavy atom. The summed E-state index contributed by atoms with van der Waals surface area (Å²) in [6.07, 6.45) is 0. The van der Waals surface area contributed by atoms with Crippen LogP contribution < -0.4 is 5.43 Å². The van der Waals surface area contributed by atoms with Crippen LogP contribution in [-0.2, 0) is 0 Å². The zero-order chi connectivity index (χ0) is 12.7. The fraction of sp³-hybridized carbons (Fsp3) is 0.0625. The Labute approximate surface area is 113 Å². The molecule has 0 N–H and O–H groups in total. The average Bonchev–Trinajstić information content (AvgIpc) is 2.49. The van der Waals surface area contributed by atoms with E-state index in [4.69, 9.17) is 0 Å². The van der Waals surface area contributed by atoms with Crippen molar-refractivity contribution in [1.29, 1.82) is 0 Å². The van der Waals surface area contributed by atoms with Crippen LogP contribution in [-0.4, -0.2) is 0 Å². The molecule has 3 rings (SSSR count). The summed E-state index contributed by atoms with van der Waals surface area (Å²) < 4.78 is 0.953. The molecule has 0 unspecified atom stereocenters. The van der Waals surface area contributed by atoms with Crippen LogP contribution in [0.2, 0.25) is 0 Å². The van der Waals surface area contributed by atoms with Gasteiger partial charge in [-0.15, -0.1) is 0 Å². The summed E-state index contributed by atoms with van der Waals surface area (Å²) >= 11 is 3.50. The summed E-state index contributed by atoms with van der Waals surface area (Å²) in [4.78, 5) is 12.5. The van der Waals surface area contributed by atoms with Gasteiger partial charge < -0.3 is 0 Å². The summed E-state index contributed by atoms with van der Waals surface area (Å²) in [6, 6.07) is 15.7.